The van der Waals surface area contributed by atoms with Gasteiger partial charge in [-0.05, 0) is 20.8 Å². The third-order valence-corrected chi connectivity index (χ3v) is 2.11. The van der Waals surface area contributed by atoms with E-state index < -0.39 is 46.9 Å². The minimum Gasteiger partial charge on any atom is -0.461 e. The molecule has 0 saturated carbocycles. The van der Waals surface area contributed by atoms with Crippen molar-refractivity contribution in [2.24, 2.45) is 0 Å². The molecule has 9 heteroatoms. The zero-order valence-corrected chi connectivity index (χ0v) is 14.7. The lowest BCUT2D eigenvalue weighted by Gasteiger charge is -2.19. The van der Waals surface area contributed by atoms with Gasteiger partial charge in [0.05, 0.1) is 6.42 Å². The zero-order chi connectivity index (χ0) is 17.6. The van der Waals surface area contributed by atoms with Crippen molar-refractivity contribution in [1.29, 1.82) is 0 Å². The minimum atomic E-state index is -1.74. The minimum absolute atomic E-state index is 0.196. The van der Waals surface area contributed by atoms with Crippen molar-refractivity contribution in [2.45, 2.75) is 36.6 Å². The van der Waals surface area contributed by atoms with Crippen LogP contribution in [0.4, 0.5) is 0 Å². The van der Waals surface area contributed by atoms with Crippen molar-refractivity contribution in [3.63, 3.8) is 0 Å². The first-order chi connectivity index (χ1) is 9.80. The third kappa shape index (κ3) is 11.7. The molecule has 0 amide bonds. The largest absolute Gasteiger partial charge is 0.461 e. The fourth-order valence-corrected chi connectivity index (χ4v) is 1.22. The number of esters is 3. The summed E-state index contributed by atoms with van der Waals surface area (Å²) in [6.07, 6.45) is -0.450. The van der Waals surface area contributed by atoms with Gasteiger partial charge in [-0.1, -0.05) is 41.4 Å². The molecule has 0 heterocycles. The molecule has 0 unspecified atom stereocenters. The van der Waals surface area contributed by atoms with Crippen molar-refractivity contribution in [3.05, 3.63) is 12.2 Å². The number of alkyl halides is 3. The Morgan fingerprint density at radius 1 is 1.00 bits per heavy atom. The smallest absolute Gasteiger partial charge is 0.344 e. The molecule has 0 N–H and O–H groups in total. The normalized spacial score (nSPS) is 11.5. The quantitative estimate of drug-likeness (QED) is 0.307. The van der Waals surface area contributed by atoms with E-state index in [0.717, 1.165) is 0 Å². The van der Waals surface area contributed by atoms with Crippen molar-refractivity contribution >= 4 is 52.7 Å². The number of ether oxygens (including phenoxy) is 3. The van der Waals surface area contributed by atoms with Crippen LogP contribution in [-0.4, -0.2) is 40.5 Å². The molecule has 0 aromatic rings. The van der Waals surface area contributed by atoms with Gasteiger partial charge >= 0.3 is 17.9 Å². The average Bonchev–Trinajstić information content (AvgIpc) is 2.30. The lowest BCUT2D eigenvalue weighted by molar-refractivity contribution is -0.165. The van der Waals surface area contributed by atoms with Crippen LogP contribution in [0.15, 0.2) is 12.2 Å². The highest BCUT2D eigenvalue weighted by Gasteiger charge is 2.24. The van der Waals surface area contributed by atoms with Crippen LogP contribution >= 0.6 is 34.8 Å². The van der Waals surface area contributed by atoms with Crippen LogP contribution in [0.2, 0.25) is 0 Å². The molecule has 0 aromatic carbocycles. The summed E-state index contributed by atoms with van der Waals surface area (Å²) in [5.74, 6) is -2.45. The highest BCUT2D eigenvalue weighted by Crippen LogP contribution is 2.26. The van der Waals surface area contributed by atoms with E-state index in [4.69, 9.17) is 39.5 Å². The molecule has 0 saturated heterocycles. The Morgan fingerprint density at radius 2 is 1.55 bits per heavy atom. The summed E-state index contributed by atoms with van der Waals surface area (Å²) in [6, 6.07) is 0. The first kappa shape index (κ1) is 21.0. The van der Waals surface area contributed by atoms with Gasteiger partial charge in [-0.2, -0.15) is 0 Å². The lowest BCUT2D eigenvalue weighted by Crippen LogP contribution is -2.27. The van der Waals surface area contributed by atoms with Gasteiger partial charge in [0.1, 0.15) is 12.2 Å². The van der Waals surface area contributed by atoms with Gasteiger partial charge in [-0.25, -0.2) is 9.59 Å². The first-order valence-corrected chi connectivity index (χ1v) is 7.22. The van der Waals surface area contributed by atoms with E-state index >= 15 is 0 Å². The van der Waals surface area contributed by atoms with Crippen LogP contribution in [0.3, 0.4) is 0 Å². The van der Waals surface area contributed by atoms with E-state index in [0.29, 0.717) is 0 Å². The maximum Gasteiger partial charge on any atom is 0.344 e. The Balaban J connectivity index is 4.15. The Hall–Kier alpha value is -0.980. The predicted molar refractivity (Wildman–Crippen MR) is 81.8 cm³/mol. The Bertz CT molecular complexity index is 448. The summed E-state index contributed by atoms with van der Waals surface area (Å²) in [6.45, 7) is 7.34. The van der Waals surface area contributed by atoms with Crippen molar-refractivity contribution < 1.29 is 28.6 Å². The summed E-state index contributed by atoms with van der Waals surface area (Å²) in [7, 11) is 0. The average molecular weight is 376 g/mol. The highest BCUT2D eigenvalue weighted by molar-refractivity contribution is 6.67. The Morgan fingerprint density at radius 3 is 2.00 bits per heavy atom. The maximum absolute atomic E-state index is 11.5. The zero-order valence-electron chi connectivity index (χ0n) is 12.4. The molecule has 0 radical (unpaired) electrons. The first-order valence-electron chi connectivity index (χ1n) is 6.09. The van der Waals surface area contributed by atoms with Gasteiger partial charge in [0.25, 0.3) is 0 Å². The molecule has 0 fully saturated rings. The summed E-state index contributed by atoms with van der Waals surface area (Å²) >= 11 is 16.2. The number of rotatable bonds is 6. The van der Waals surface area contributed by atoms with E-state index in [9.17, 15) is 14.4 Å². The fourth-order valence-electron chi connectivity index (χ4n) is 1.06. The van der Waals surface area contributed by atoms with Crippen LogP contribution < -0.4 is 0 Å². The predicted octanol–water partition coefficient (Wildman–Crippen LogP) is 2.73. The van der Waals surface area contributed by atoms with Crippen LogP contribution in [0.1, 0.15) is 27.2 Å². The van der Waals surface area contributed by atoms with Crippen LogP contribution in [0, 0.1) is 0 Å². The Labute approximate surface area is 143 Å². The molecule has 0 bridgehead atoms. The highest BCUT2D eigenvalue weighted by atomic mass is 35.6. The molecular formula is C13H17Cl3O6. The van der Waals surface area contributed by atoms with E-state index in [-0.39, 0.29) is 5.57 Å². The molecule has 0 aliphatic rings. The number of hydrogen-bond donors (Lipinski definition) is 0. The SMILES string of the molecule is C=C(CC(=O)OCC(Cl)(Cl)Cl)C(=O)OCC(=O)OC(C)(C)C. The lowest BCUT2D eigenvalue weighted by atomic mass is 10.2. The molecule has 0 aliphatic carbocycles. The summed E-state index contributed by atoms with van der Waals surface area (Å²) < 4.78 is 12.5. The van der Waals surface area contributed by atoms with Gasteiger partial charge in [0.15, 0.2) is 6.61 Å². The molecule has 0 rings (SSSR count). The van der Waals surface area contributed by atoms with E-state index in [1.807, 2.05) is 0 Å². The molecular weight excluding hydrogens is 358 g/mol. The van der Waals surface area contributed by atoms with Gasteiger partial charge in [-0.3, -0.25) is 4.79 Å². The molecule has 126 valence electrons. The Kier molecular flexibility index (Phi) is 8.22. The molecule has 6 nitrogen and oxygen atoms in total. The van der Waals surface area contributed by atoms with Crippen molar-refractivity contribution in [1.82, 2.24) is 0 Å². The molecule has 22 heavy (non-hydrogen) atoms. The summed E-state index contributed by atoms with van der Waals surface area (Å²) in [4.78, 5) is 34.3. The number of halogens is 3. The van der Waals surface area contributed by atoms with Gasteiger partial charge in [0, 0.05) is 5.57 Å². The molecule has 0 aromatic heterocycles. The molecule has 0 aliphatic heterocycles. The summed E-state index contributed by atoms with van der Waals surface area (Å²) in [5, 5.41) is 0. The van der Waals surface area contributed by atoms with Crippen molar-refractivity contribution in [2.75, 3.05) is 13.2 Å². The van der Waals surface area contributed by atoms with E-state index in [2.05, 4.69) is 16.1 Å². The fraction of sp³-hybridized carbons (Fsp3) is 0.615. The van der Waals surface area contributed by atoms with E-state index in [1.54, 1.807) is 20.8 Å². The third-order valence-electron chi connectivity index (χ3n) is 1.78. The van der Waals surface area contributed by atoms with E-state index in [1.165, 1.54) is 0 Å². The van der Waals surface area contributed by atoms with Gasteiger partial charge < -0.3 is 14.2 Å². The maximum atomic E-state index is 11.5. The number of hydrogen-bond acceptors (Lipinski definition) is 6. The van der Waals surface area contributed by atoms with Crippen molar-refractivity contribution in [3.8, 4) is 0 Å². The van der Waals surface area contributed by atoms with Gasteiger partial charge in [-0.15, -0.1) is 0 Å². The second-order valence-corrected chi connectivity index (χ2v) is 7.73. The van der Waals surface area contributed by atoms with Crippen LogP contribution in [0.25, 0.3) is 0 Å². The number of carbonyl (C=O) groups is 3. The van der Waals surface area contributed by atoms with Crippen LogP contribution in [0.5, 0.6) is 0 Å². The van der Waals surface area contributed by atoms with Crippen LogP contribution in [-0.2, 0) is 28.6 Å². The number of carbonyl (C=O) groups excluding carboxylic acids is 3. The standard InChI is InChI=1S/C13H17Cl3O6/c1-8(5-9(17)21-7-13(14,15)16)11(19)20-6-10(18)22-12(2,3)4/h1,5-7H2,2-4H3. The second kappa shape index (κ2) is 8.60. The summed E-state index contributed by atoms with van der Waals surface area (Å²) in [5.41, 5.74) is -0.889. The monoisotopic (exact) mass is 374 g/mol. The topological polar surface area (TPSA) is 78.9 Å². The second-order valence-electron chi connectivity index (χ2n) is 5.22. The molecule has 0 atom stereocenters. The molecule has 0 spiro atoms. The van der Waals surface area contributed by atoms with Gasteiger partial charge in [0.2, 0.25) is 3.79 Å².